The SMILES string of the molecule is CCC1Oc2ccc(S(=O)(=O)N3CCN(C(=O)c4ccc(F)c(Cl)c4)CC3)cc2NC1=O. The molecule has 0 radical (unpaired) electrons. The van der Waals surface area contributed by atoms with Crippen LogP contribution >= 0.6 is 11.6 Å². The summed E-state index contributed by atoms with van der Waals surface area (Å²) in [5, 5.41) is 2.54. The Balaban J connectivity index is 1.46. The van der Waals surface area contributed by atoms with E-state index in [-0.39, 0.29) is 53.5 Å². The van der Waals surface area contributed by atoms with Crippen LogP contribution in [0.3, 0.4) is 0 Å². The standard InChI is InChI=1S/C21H21ClFN3O5S/c1-2-18-20(27)24-17-12-14(4-6-19(17)31-18)32(29,30)26-9-7-25(8-10-26)21(28)13-3-5-16(23)15(22)11-13/h3-6,11-12,18H,2,7-10H2,1H3,(H,24,27). The number of fused-ring (bicyclic) bond motifs is 1. The first-order valence-corrected chi connectivity index (χ1v) is 11.9. The van der Waals surface area contributed by atoms with Crippen LogP contribution < -0.4 is 10.1 Å². The van der Waals surface area contributed by atoms with Gasteiger partial charge >= 0.3 is 0 Å². The number of hydrogen-bond acceptors (Lipinski definition) is 5. The Bertz CT molecular complexity index is 1180. The fourth-order valence-electron chi connectivity index (χ4n) is 3.65. The topological polar surface area (TPSA) is 96.0 Å². The molecule has 4 rings (SSSR count). The molecule has 2 heterocycles. The Hall–Kier alpha value is -2.69. The molecule has 0 saturated carbocycles. The van der Waals surface area contributed by atoms with Gasteiger partial charge in [0.2, 0.25) is 10.0 Å². The molecule has 170 valence electrons. The molecule has 1 saturated heterocycles. The quantitative estimate of drug-likeness (QED) is 0.724. The lowest BCUT2D eigenvalue weighted by Crippen LogP contribution is -2.50. The Morgan fingerprint density at radius 1 is 1.19 bits per heavy atom. The van der Waals surface area contributed by atoms with E-state index < -0.39 is 21.9 Å². The minimum Gasteiger partial charge on any atom is -0.478 e. The number of nitrogens with one attached hydrogen (secondary N) is 1. The summed E-state index contributed by atoms with van der Waals surface area (Å²) in [4.78, 5) is 26.2. The second kappa shape index (κ2) is 8.68. The summed E-state index contributed by atoms with van der Waals surface area (Å²) in [6.07, 6.45) is -0.107. The molecule has 1 N–H and O–H groups in total. The fraction of sp³-hybridized carbons (Fsp3) is 0.333. The summed E-state index contributed by atoms with van der Waals surface area (Å²) in [7, 11) is -3.84. The molecule has 2 aromatic carbocycles. The molecule has 2 amide bonds. The third kappa shape index (κ3) is 4.17. The van der Waals surface area contributed by atoms with Gasteiger partial charge in [-0.2, -0.15) is 4.31 Å². The number of rotatable bonds is 4. The molecule has 32 heavy (non-hydrogen) atoms. The highest BCUT2D eigenvalue weighted by atomic mass is 35.5. The number of anilines is 1. The maximum Gasteiger partial charge on any atom is 0.265 e. The molecular weight excluding hydrogens is 461 g/mol. The number of hydrogen-bond donors (Lipinski definition) is 1. The predicted molar refractivity (Wildman–Crippen MR) is 116 cm³/mol. The van der Waals surface area contributed by atoms with E-state index in [2.05, 4.69) is 5.32 Å². The fourth-order valence-corrected chi connectivity index (χ4v) is 5.28. The monoisotopic (exact) mass is 481 g/mol. The molecule has 0 spiro atoms. The second-order valence-corrected chi connectivity index (χ2v) is 9.83. The number of carbonyl (C=O) groups is 2. The van der Waals surface area contributed by atoms with Crippen LogP contribution in [0.2, 0.25) is 5.02 Å². The average Bonchev–Trinajstić information content (AvgIpc) is 2.79. The van der Waals surface area contributed by atoms with Crippen molar-refractivity contribution in [3.05, 3.63) is 52.8 Å². The van der Waals surface area contributed by atoms with Gasteiger partial charge in [-0.25, -0.2) is 12.8 Å². The lowest BCUT2D eigenvalue weighted by Gasteiger charge is -2.34. The van der Waals surface area contributed by atoms with Gasteiger partial charge in [0, 0.05) is 31.7 Å². The third-order valence-electron chi connectivity index (χ3n) is 5.47. The van der Waals surface area contributed by atoms with E-state index in [0.29, 0.717) is 17.9 Å². The highest BCUT2D eigenvalue weighted by Crippen LogP contribution is 2.33. The molecule has 2 aliphatic rings. The largest absolute Gasteiger partial charge is 0.478 e. The summed E-state index contributed by atoms with van der Waals surface area (Å²) in [6, 6.07) is 8.08. The maximum atomic E-state index is 13.4. The van der Waals surface area contributed by atoms with E-state index in [0.717, 1.165) is 6.07 Å². The highest BCUT2D eigenvalue weighted by molar-refractivity contribution is 7.89. The van der Waals surface area contributed by atoms with Gasteiger partial charge in [0.25, 0.3) is 11.8 Å². The van der Waals surface area contributed by atoms with Crippen LogP contribution in [0, 0.1) is 5.82 Å². The van der Waals surface area contributed by atoms with Crippen molar-refractivity contribution < 1.29 is 27.1 Å². The highest BCUT2D eigenvalue weighted by Gasteiger charge is 2.33. The van der Waals surface area contributed by atoms with Crippen LogP contribution in [0.1, 0.15) is 23.7 Å². The van der Waals surface area contributed by atoms with Gasteiger partial charge in [-0.05, 0) is 42.8 Å². The zero-order valence-corrected chi connectivity index (χ0v) is 18.7. The molecule has 2 aromatic rings. The zero-order chi connectivity index (χ0) is 23.0. The van der Waals surface area contributed by atoms with Crippen molar-refractivity contribution in [1.82, 2.24) is 9.21 Å². The lowest BCUT2D eigenvalue weighted by molar-refractivity contribution is -0.123. The van der Waals surface area contributed by atoms with Gasteiger partial charge in [0.05, 0.1) is 15.6 Å². The number of sulfonamides is 1. The van der Waals surface area contributed by atoms with Crippen LogP contribution in [-0.4, -0.2) is 61.7 Å². The molecule has 0 aromatic heterocycles. The van der Waals surface area contributed by atoms with E-state index in [4.69, 9.17) is 16.3 Å². The lowest BCUT2D eigenvalue weighted by atomic mass is 10.2. The number of ether oxygens (including phenoxy) is 1. The number of carbonyl (C=O) groups excluding carboxylic acids is 2. The first-order chi connectivity index (χ1) is 15.2. The molecule has 0 bridgehead atoms. The second-order valence-electron chi connectivity index (χ2n) is 7.49. The van der Waals surface area contributed by atoms with Crippen LogP contribution in [0.5, 0.6) is 5.75 Å². The molecule has 8 nitrogen and oxygen atoms in total. The van der Waals surface area contributed by atoms with Crippen LogP contribution in [0.4, 0.5) is 10.1 Å². The first-order valence-electron chi connectivity index (χ1n) is 10.1. The van der Waals surface area contributed by atoms with Gasteiger partial charge < -0.3 is 15.0 Å². The van der Waals surface area contributed by atoms with Gasteiger partial charge in [-0.15, -0.1) is 0 Å². The van der Waals surface area contributed by atoms with E-state index in [1.165, 1.54) is 39.5 Å². The first kappa shape index (κ1) is 22.5. The Morgan fingerprint density at radius 3 is 2.56 bits per heavy atom. The third-order valence-corrected chi connectivity index (χ3v) is 7.66. The summed E-state index contributed by atoms with van der Waals surface area (Å²) < 4.78 is 46.5. The maximum absolute atomic E-state index is 13.4. The predicted octanol–water partition coefficient (Wildman–Crippen LogP) is 2.74. The van der Waals surface area contributed by atoms with Crippen LogP contribution in [0.15, 0.2) is 41.3 Å². The summed E-state index contributed by atoms with van der Waals surface area (Å²) in [5.41, 5.74) is 0.547. The van der Waals surface area contributed by atoms with Crippen molar-refractivity contribution >= 4 is 39.1 Å². The Morgan fingerprint density at radius 2 is 1.91 bits per heavy atom. The minimum absolute atomic E-state index is 0.0280. The van der Waals surface area contributed by atoms with Gasteiger partial charge in [0.1, 0.15) is 11.6 Å². The minimum atomic E-state index is -3.84. The van der Waals surface area contributed by atoms with Crippen molar-refractivity contribution in [2.24, 2.45) is 0 Å². The molecule has 2 aliphatic heterocycles. The zero-order valence-electron chi connectivity index (χ0n) is 17.2. The molecular formula is C21H21ClFN3O5S. The van der Waals surface area contributed by atoms with Gasteiger partial charge in [0.15, 0.2) is 6.10 Å². The van der Waals surface area contributed by atoms with Crippen molar-refractivity contribution in [3.8, 4) is 5.75 Å². The van der Waals surface area contributed by atoms with Crippen molar-refractivity contribution in [3.63, 3.8) is 0 Å². The molecule has 1 atom stereocenters. The smallest absolute Gasteiger partial charge is 0.265 e. The van der Waals surface area contributed by atoms with E-state index in [1.807, 2.05) is 6.92 Å². The van der Waals surface area contributed by atoms with Crippen molar-refractivity contribution in [1.29, 1.82) is 0 Å². The van der Waals surface area contributed by atoms with Crippen LogP contribution in [0.25, 0.3) is 0 Å². The van der Waals surface area contributed by atoms with Gasteiger partial charge in [-0.3, -0.25) is 9.59 Å². The molecule has 1 unspecified atom stereocenters. The summed E-state index contributed by atoms with van der Waals surface area (Å²) in [6.45, 7) is 2.37. The number of benzene rings is 2. The number of halogens is 2. The molecule has 1 fully saturated rings. The molecule has 0 aliphatic carbocycles. The van der Waals surface area contributed by atoms with E-state index >= 15 is 0 Å². The number of nitrogens with zero attached hydrogens (tertiary/aromatic N) is 2. The van der Waals surface area contributed by atoms with E-state index in [1.54, 1.807) is 0 Å². The van der Waals surface area contributed by atoms with Crippen molar-refractivity contribution in [2.75, 3.05) is 31.5 Å². The summed E-state index contributed by atoms with van der Waals surface area (Å²) >= 11 is 5.75. The number of amides is 2. The molecule has 11 heteroatoms. The van der Waals surface area contributed by atoms with Crippen LogP contribution in [-0.2, 0) is 14.8 Å². The average molecular weight is 482 g/mol. The number of piperazine rings is 1. The Kier molecular flexibility index (Phi) is 6.11. The van der Waals surface area contributed by atoms with Gasteiger partial charge in [-0.1, -0.05) is 18.5 Å². The normalized spacial score (nSPS) is 19.2. The summed E-state index contributed by atoms with van der Waals surface area (Å²) in [5.74, 6) is -0.856. The Labute approximate surface area is 189 Å². The van der Waals surface area contributed by atoms with Crippen molar-refractivity contribution in [2.45, 2.75) is 24.3 Å². The van der Waals surface area contributed by atoms with E-state index in [9.17, 15) is 22.4 Å².